The maximum absolute atomic E-state index is 14.9. The van der Waals surface area contributed by atoms with Gasteiger partial charge in [-0.15, -0.1) is 11.3 Å². The summed E-state index contributed by atoms with van der Waals surface area (Å²) in [6.45, 7) is 5.17. The fourth-order valence-corrected chi connectivity index (χ4v) is 5.96. The Hall–Kier alpha value is -3.77. The smallest absolute Gasteiger partial charge is 0.261 e. The number of Topliss-reactive ketones (excluding diaryl/α,β-unsaturated/α-hetero) is 1. The van der Waals surface area contributed by atoms with E-state index in [1.54, 1.807) is 36.5 Å². The number of benzene rings is 2. The molecule has 4 aromatic rings. The second-order valence-electron chi connectivity index (χ2n) is 10.6. The van der Waals surface area contributed by atoms with Gasteiger partial charge in [0.2, 0.25) is 0 Å². The summed E-state index contributed by atoms with van der Waals surface area (Å²) in [6, 6.07) is 12.2. The highest BCUT2D eigenvalue weighted by molar-refractivity contribution is 7.21. The van der Waals surface area contributed by atoms with E-state index >= 15 is 0 Å². The van der Waals surface area contributed by atoms with Crippen molar-refractivity contribution < 1.29 is 33.0 Å². The predicted molar refractivity (Wildman–Crippen MR) is 160 cm³/mol. The summed E-state index contributed by atoms with van der Waals surface area (Å²) in [7, 11) is 0. The van der Waals surface area contributed by atoms with Crippen molar-refractivity contribution in [3.63, 3.8) is 0 Å². The number of hydrogen-bond donors (Lipinski definition) is 2. The predicted octanol–water partition coefficient (Wildman–Crippen LogP) is 4.84. The van der Waals surface area contributed by atoms with Crippen molar-refractivity contribution in [2.75, 3.05) is 39.4 Å². The van der Waals surface area contributed by atoms with Crippen LogP contribution in [0.1, 0.15) is 32.8 Å². The van der Waals surface area contributed by atoms with Crippen molar-refractivity contribution in [3.8, 4) is 11.5 Å². The number of rotatable bonds is 12. The molecule has 226 valence electrons. The van der Waals surface area contributed by atoms with Crippen molar-refractivity contribution in [1.82, 2.24) is 15.2 Å². The van der Waals surface area contributed by atoms with Crippen LogP contribution in [-0.4, -0.2) is 72.2 Å². The zero-order valence-electron chi connectivity index (χ0n) is 23.8. The van der Waals surface area contributed by atoms with E-state index in [2.05, 4.69) is 15.2 Å². The highest BCUT2D eigenvalue weighted by Crippen LogP contribution is 2.35. The number of hydrogen-bond acceptors (Lipinski definition) is 8. The van der Waals surface area contributed by atoms with Crippen LogP contribution in [0.25, 0.3) is 10.2 Å². The Balaban J connectivity index is 1.17. The fraction of sp³-hybridized carbons (Fsp3) is 0.344. The van der Waals surface area contributed by atoms with Crippen LogP contribution in [0.4, 0.5) is 8.78 Å². The summed E-state index contributed by atoms with van der Waals surface area (Å²) < 4.78 is 41.1. The molecule has 1 atom stereocenters. The second-order valence-corrected chi connectivity index (χ2v) is 11.6. The number of carbonyl (C=O) groups is 2. The molecule has 1 fully saturated rings. The van der Waals surface area contributed by atoms with E-state index in [1.807, 2.05) is 6.92 Å². The number of aromatic nitrogens is 1. The summed E-state index contributed by atoms with van der Waals surface area (Å²) in [4.78, 5) is 32.4. The third-order valence-electron chi connectivity index (χ3n) is 7.19. The number of carbonyl (C=O) groups excluding carboxylic acids is 2. The van der Waals surface area contributed by atoms with E-state index in [0.717, 1.165) is 25.1 Å². The molecule has 8 nitrogen and oxygen atoms in total. The Morgan fingerprint density at radius 3 is 2.77 bits per heavy atom. The van der Waals surface area contributed by atoms with Crippen molar-refractivity contribution >= 4 is 33.2 Å². The van der Waals surface area contributed by atoms with Crippen molar-refractivity contribution in [2.24, 2.45) is 0 Å². The molecule has 1 aliphatic rings. The van der Waals surface area contributed by atoms with E-state index < -0.39 is 11.6 Å². The number of halogens is 2. The molecule has 1 saturated heterocycles. The van der Waals surface area contributed by atoms with Crippen molar-refractivity contribution in [3.05, 3.63) is 87.9 Å². The Morgan fingerprint density at radius 1 is 1.12 bits per heavy atom. The molecule has 5 rings (SSSR count). The van der Waals surface area contributed by atoms with Crippen LogP contribution in [-0.2, 0) is 22.4 Å². The first-order valence-electron chi connectivity index (χ1n) is 14.1. The Morgan fingerprint density at radius 2 is 1.95 bits per heavy atom. The summed E-state index contributed by atoms with van der Waals surface area (Å²) in [5, 5.41) is 12.2. The average Bonchev–Trinajstić information content (AvgIpc) is 3.44. The Kier molecular flexibility index (Phi) is 10.1. The van der Waals surface area contributed by atoms with Crippen LogP contribution in [0.15, 0.2) is 54.7 Å². The van der Waals surface area contributed by atoms with Gasteiger partial charge in [-0.25, -0.2) is 8.78 Å². The van der Waals surface area contributed by atoms with E-state index in [1.165, 1.54) is 29.5 Å². The van der Waals surface area contributed by atoms with Crippen LogP contribution < -0.4 is 10.1 Å². The molecule has 1 amide bonds. The van der Waals surface area contributed by atoms with Crippen LogP contribution in [0.3, 0.4) is 0 Å². The van der Waals surface area contributed by atoms with Crippen LogP contribution in [0.5, 0.6) is 11.5 Å². The van der Waals surface area contributed by atoms with Crippen LogP contribution >= 0.6 is 11.3 Å². The maximum atomic E-state index is 14.9. The minimum absolute atomic E-state index is 0.00159. The number of amides is 1. The lowest BCUT2D eigenvalue weighted by Crippen LogP contribution is -2.44. The van der Waals surface area contributed by atoms with Gasteiger partial charge < -0.3 is 19.9 Å². The molecule has 0 aliphatic carbocycles. The zero-order valence-corrected chi connectivity index (χ0v) is 24.6. The lowest BCUT2D eigenvalue weighted by molar-refractivity contribution is -0.117. The highest BCUT2D eigenvalue weighted by Gasteiger charge is 2.20. The number of aryl methyl sites for hydroxylation is 1. The fourth-order valence-electron chi connectivity index (χ4n) is 4.98. The topological polar surface area (TPSA) is 101 Å². The summed E-state index contributed by atoms with van der Waals surface area (Å²) in [5.41, 5.74) is 1.92. The van der Waals surface area contributed by atoms with Crippen LogP contribution in [0, 0.1) is 18.6 Å². The Bertz CT molecular complexity index is 1610. The molecule has 0 spiro atoms. The molecule has 11 heteroatoms. The monoisotopic (exact) mass is 609 g/mol. The molecule has 2 aromatic heterocycles. The lowest BCUT2D eigenvalue weighted by atomic mass is 10.0. The summed E-state index contributed by atoms with van der Waals surface area (Å²) in [5.74, 6) is -0.906. The molecule has 1 aliphatic heterocycles. The highest BCUT2D eigenvalue weighted by atomic mass is 32.1. The maximum Gasteiger partial charge on any atom is 0.261 e. The number of fused-ring (bicyclic) bond motifs is 1. The number of nitrogens with one attached hydrogen (secondary N) is 1. The van der Waals surface area contributed by atoms with Gasteiger partial charge in [-0.3, -0.25) is 19.5 Å². The van der Waals surface area contributed by atoms with E-state index in [9.17, 15) is 23.5 Å². The molecule has 1 unspecified atom stereocenters. The van der Waals surface area contributed by atoms with E-state index in [4.69, 9.17) is 9.47 Å². The van der Waals surface area contributed by atoms with Gasteiger partial charge in [0.1, 0.15) is 28.9 Å². The summed E-state index contributed by atoms with van der Waals surface area (Å²) >= 11 is 1.24. The normalized spacial score (nSPS) is 15.5. The van der Waals surface area contributed by atoms with Gasteiger partial charge in [0.25, 0.3) is 5.91 Å². The second kappa shape index (κ2) is 14.1. The van der Waals surface area contributed by atoms with E-state index in [0.29, 0.717) is 46.1 Å². The van der Waals surface area contributed by atoms with Crippen LogP contribution in [0.2, 0.25) is 0 Å². The molecule has 0 radical (unpaired) electrons. The van der Waals surface area contributed by atoms with Gasteiger partial charge in [0, 0.05) is 57.4 Å². The molecule has 2 aromatic carbocycles. The van der Waals surface area contributed by atoms with E-state index in [-0.39, 0.29) is 48.6 Å². The number of ketones is 1. The van der Waals surface area contributed by atoms with Crippen molar-refractivity contribution in [1.29, 1.82) is 0 Å². The molecule has 3 heterocycles. The Labute approximate surface area is 252 Å². The minimum Gasteiger partial charge on any atom is -0.456 e. The minimum atomic E-state index is -0.601. The van der Waals surface area contributed by atoms with Gasteiger partial charge in [-0.1, -0.05) is 23.8 Å². The number of aliphatic hydroxyl groups is 1. The number of nitrogens with zero attached hydrogens (tertiary/aromatic N) is 2. The third kappa shape index (κ3) is 7.99. The van der Waals surface area contributed by atoms with Gasteiger partial charge in [-0.2, -0.15) is 0 Å². The molecule has 43 heavy (non-hydrogen) atoms. The quantitative estimate of drug-likeness (QED) is 0.222. The van der Waals surface area contributed by atoms with Gasteiger partial charge >= 0.3 is 0 Å². The average molecular weight is 610 g/mol. The van der Waals surface area contributed by atoms with Gasteiger partial charge in [0.15, 0.2) is 0 Å². The first-order chi connectivity index (χ1) is 20.8. The third-order valence-corrected chi connectivity index (χ3v) is 8.33. The van der Waals surface area contributed by atoms with Gasteiger partial charge in [0.05, 0.1) is 34.4 Å². The molecule has 2 N–H and O–H groups in total. The first kappa shape index (κ1) is 30.7. The largest absolute Gasteiger partial charge is 0.456 e. The summed E-state index contributed by atoms with van der Waals surface area (Å²) in [6.07, 6.45) is 1.87. The molecule has 0 bridgehead atoms. The SMILES string of the molecule is Cc1ccc(F)c(CC(=O)Cc2ccc(Oc3ccnc4cc(C(=O)NCCCN5CCOC(CO)C5)sc34)cc2F)c1. The standard InChI is InChI=1S/C32H33F2N3O5S/c1-20-3-6-26(33)22(13-20)15-23(39)14-21-4-5-24(16-27(21)34)42-29-7-9-35-28-17-30(43-31(28)29)32(40)36-8-2-10-37-11-12-41-25(18-37)19-38/h3-7,9,13,16-17,25,38H,2,8,10-12,14-15,18-19H2,1H3,(H,36,40). The van der Waals surface area contributed by atoms with Gasteiger partial charge in [-0.05, 0) is 42.7 Å². The van der Waals surface area contributed by atoms with Crippen molar-refractivity contribution in [2.45, 2.75) is 32.3 Å². The lowest BCUT2D eigenvalue weighted by Gasteiger charge is -2.31. The molecule has 0 saturated carbocycles. The zero-order chi connectivity index (χ0) is 30.3. The number of aliphatic hydroxyl groups excluding tert-OH is 1. The number of ether oxygens (including phenoxy) is 2. The number of thiophene rings is 1. The molecular weight excluding hydrogens is 576 g/mol. The number of pyridine rings is 1. The first-order valence-corrected chi connectivity index (χ1v) is 14.9. The molecular formula is C32H33F2N3O5S. The number of morpholine rings is 1.